The maximum absolute atomic E-state index is 12.7. The SMILES string of the molecule is Cc1nn(-c2cccc(Cl)c2)nc1C(=O)NCC(C)(C)N1C[C@H](C)O[C@@H](C)C1. The van der Waals surface area contributed by atoms with Crippen molar-refractivity contribution in [1.82, 2.24) is 25.2 Å². The van der Waals surface area contributed by atoms with Crippen LogP contribution in [-0.4, -0.2) is 63.2 Å². The molecule has 7 nitrogen and oxygen atoms in total. The summed E-state index contributed by atoms with van der Waals surface area (Å²) >= 11 is 6.04. The van der Waals surface area contributed by atoms with E-state index in [1.165, 1.54) is 4.80 Å². The monoisotopic (exact) mass is 405 g/mol. The van der Waals surface area contributed by atoms with E-state index in [4.69, 9.17) is 16.3 Å². The van der Waals surface area contributed by atoms with Gasteiger partial charge in [0.25, 0.3) is 5.91 Å². The molecule has 0 radical (unpaired) electrons. The highest BCUT2D eigenvalue weighted by atomic mass is 35.5. The van der Waals surface area contributed by atoms with E-state index in [9.17, 15) is 4.79 Å². The number of nitrogens with zero attached hydrogens (tertiary/aromatic N) is 4. The Morgan fingerprint density at radius 1 is 1.29 bits per heavy atom. The molecule has 2 aromatic rings. The van der Waals surface area contributed by atoms with Crippen LogP contribution in [0, 0.1) is 6.92 Å². The first-order valence-electron chi connectivity index (χ1n) is 9.54. The van der Waals surface area contributed by atoms with Crippen molar-refractivity contribution in [3.63, 3.8) is 0 Å². The van der Waals surface area contributed by atoms with Crippen LogP contribution < -0.4 is 5.32 Å². The van der Waals surface area contributed by atoms with E-state index in [0.717, 1.165) is 13.1 Å². The van der Waals surface area contributed by atoms with Crippen molar-refractivity contribution in [1.29, 1.82) is 0 Å². The Morgan fingerprint density at radius 2 is 1.96 bits per heavy atom. The summed E-state index contributed by atoms with van der Waals surface area (Å²) in [6, 6.07) is 7.21. The number of hydrogen-bond acceptors (Lipinski definition) is 5. The predicted molar refractivity (Wildman–Crippen MR) is 109 cm³/mol. The Bertz CT molecular complexity index is 841. The number of morpholine rings is 1. The predicted octanol–water partition coefficient (Wildman–Crippen LogP) is 2.85. The van der Waals surface area contributed by atoms with Crippen LogP contribution in [0.5, 0.6) is 0 Å². The fraction of sp³-hybridized carbons (Fsp3) is 0.550. The van der Waals surface area contributed by atoms with E-state index < -0.39 is 0 Å². The number of carbonyl (C=O) groups is 1. The summed E-state index contributed by atoms with van der Waals surface area (Å²) in [5.41, 5.74) is 1.41. The van der Waals surface area contributed by atoms with Crippen LogP contribution in [-0.2, 0) is 4.74 Å². The van der Waals surface area contributed by atoms with Crippen LogP contribution in [0.25, 0.3) is 5.69 Å². The minimum absolute atomic E-state index is 0.179. The maximum Gasteiger partial charge on any atom is 0.273 e. The Morgan fingerprint density at radius 3 is 2.61 bits per heavy atom. The van der Waals surface area contributed by atoms with Crippen molar-refractivity contribution in [2.75, 3.05) is 19.6 Å². The number of benzene rings is 1. The molecule has 1 aliphatic heterocycles. The summed E-state index contributed by atoms with van der Waals surface area (Å²) < 4.78 is 5.82. The second kappa shape index (κ2) is 8.19. The number of rotatable bonds is 5. The summed E-state index contributed by atoms with van der Waals surface area (Å²) in [4.78, 5) is 16.5. The van der Waals surface area contributed by atoms with Crippen LogP contribution in [0.3, 0.4) is 0 Å². The highest BCUT2D eigenvalue weighted by Crippen LogP contribution is 2.21. The van der Waals surface area contributed by atoms with Crippen molar-refractivity contribution in [3.05, 3.63) is 40.7 Å². The molecule has 0 aliphatic carbocycles. The van der Waals surface area contributed by atoms with Gasteiger partial charge in [-0.2, -0.15) is 9.90 Å². The molecule has 152 valence electrons. The molecule has 0 saturated carbocycles. The van der Waals surface area contributed by atoms with Gasteiger partial charge in [0.2, 0.25) is 0 Å². The number of nitrogens with one attached hydrogen (secondary N) is 1. The Balaban J connectivity index is 1.68. The minimum atomic E-state index is -0.229. The van der Waals surface area contributed by atoms with Gasteiger partial charge in [0, 0.05) is 30.2 Å². The number of amides is 1. The zero-order valence-electron chi connectivity index (χ0n) is 17.1. The first-order chi connectivity index (χ1) is 13.2. The van der Waals surface area contributed by atoms with Crippen LogP contribution in [0.2, 0.25) is 5.02 Å². The van der Waals surface area contributed by atoms with Crippen LogP contribution in [0.1, 0.15) is 43.9 Å². The quantitative estimate of drug-likeness (QED) is 0.828. The molecular formula is C20H28ClN5O2. The van der Waals surface area contributed by atoms with Crippen molar-refractivity contribution >= 4 is 17.5 Å². The van der Waals surface area contributed by atoms with Gasteiger partial charge in [-0.05, 0) is 52.8 Å². The fourth-order valence-electron chi connectivity index (χ4n) is 3.47. The Kier molecular flexibility index (Phi) is 6.07. The Hall–Kier alpha value is -1.96. The van der Waals surface area contributed by atoms with Gasteiger partial charge in [-0.25, -0.2) is 0 Å². The van der Waals surface area contributed by atoms with Crippen molar-refractivity contribution in [2.45, 2.75) is 52.4 Å². The second-order valence-corrected chi connectivity index (χ2v) is 8.50. The molecule has 2 atom stereocenters. The molecule has 1 saturated heterocycles. The molecule has 0 bridgehead atoms. The average molecular weight is 406 g/mol. The van der Waals surface area contributed by atoms with Crippen molar-refractivity contribution in [2.24, 2.45) is 0 Å². The molecule has 2 heterocycles. The molecule has 1 aliphatic rings. The fourth-order valence-corrected chi connectivity index (χ4v) is 3.65. The minimum Gasteiger partial charge on any atom is -0.373 e. The lowest BCUT2D eigenvalue weighted by Gasteiger charge is -2.45. The molecule has 28 heavy (non-hydrogen) atoms. The third-order valence-electron chi connectivity index (χ3n) is 4.99. The summed E-state index contributed by atoms with van der Waals surface area (Å²) in [7, 11) is 0. The zero-order valence-corrected chi connectivity index (χ0v) is 17.8. The molecular weight excluding hydrogens is 378 g/mol. The third-order valence-corrected chi connectivity index (χ3v) is 5.23. The largest absolute Gasteiger partial charge is 0.373 e. The van der Waals surface area contributed by atoms with Gasteiger partial charge >= 0.3 is 0 Å². The van der Waals surface area contributed by atoms with Gasteiger partial charge in [-0.3, -0.25) is 9.69 Å². The van der Waals surface area contributed by atoms with Gasteiger partial charge in [0.05, 0.1) is 23.6 Å². The van der Waals surface area contributed by atoms with E-state index >= 15 is 0 Å². The van der Waals surface area contributed by atoms with Gasteiger partial charge in [0.15, 0.2) is 5.69 Å². The van der Waals surface area contributed by atoms with Gasteiger partial charge < -0.3 is 10.1 Å². The molecule has 3 rings (SSSR count). The van der Waals surface area contributed by atoms with Crippen molar-refractivity contribution < 1.29 is 9.53 Å². The lowest BCUT2D eigenvalue weighted by molar-refractivity contribution is -0.0948. The summed E-state index contributed by atoms with van der Waals surface area (Å²) in [5.74, 6) is -0.229. The first kappa shape index (κ1) is 20.8. The molecule has 1 aromatic heterocycles. The van der Waals surface area contributed by atoms with Gasteiger partial charge in [-0.15, -0.1) is 5.10 Å². The molecule has 8 heteroatoms. The highest BCUT2D eigenvalue weighted by molar-refractivity contribution is 6.30. The standard InChI is InChI=1S/C20H28ClN5O2/c1-13-10-25(11-14(2)28-13)20(4,5)12-22-19(27)18-15(3)23-26(24-18)17-8-6-7-16(21)9-17/h6-9,13-14H,10-12H2,1-5H3,(H,22,27)/t13-,14-/m0/s1. The maximum atomic E-state index is 12.7. The van der Waals surface area contributed by atoms with Crippen LogP contribution >= 0.6 is 11.6 Å². The highest BCUT2D eigenvalue weighted by Gasteiger charge is 2.33. The number of ether oxygens (including phenoxy) is 1. The zero-order chi connectivity index (χ0) is 20.5. The van der Waals surface area contributed by atoms with Gasteiger partial charge in [0.1, 0.15) is 0 Å². The number of carbonyl (C=O) groups excluding carboxylic acids is 1. The molecule has 0 unspecified atom stereocenters. The molecule has 1 N–H and O–H groups in total. The summed E-state index contributed by atoms with van der Waals surface area (Å²) in [5, 5.41) is 12.3. The van der Waals surface area contributed by atoms with E-state index in [-0.39, 0.29) is 23.7 Å². The molecule has 0 spiro atoms. The second-order valence-electron chi connectivity index (χ2n) is 8.06. The number of halogens is 1. The summed E-state index contributed by atoms with van der Waals surface area (Å²) in [6.07, 6.45) is 0.358. The lowest BCUT2D eigenvalue weighted by atomic mass is 10.00. The lowest BCUT2D eigenvalue weighted by Crippen LogP contribution is -2.58. The molecule has 1 fully saturated rings. The third kappa shape index (κ3) is 4.71. The number of aromatic nitrogens is 3. The normalized spacial score (nSPS) is 20.9. The first-order valence-corrected chi connectivity index (χ1v) is 9.92. The molecule has 1 amide bonds. The van der Waals surface area contributed by atoms with E-state index in [0.29, 0.717) is 28.6 Å². The topological polar surface area (TPSA) is 72.3 Å². The van der Waals surface area contributed by atoms with E-state index in [1.54, 1.807) is 19.1 Å². The van der Waals surface area contributed by atoms with Crippen LogP contribution in [0.15, 0.2) is 24.3 Å². The van der Waals surface area contributed by atoms with Crippen molar-refractivity contribution in [3.8, 4) is 5.69 Å². The number of hydrogen-bond donors (Lipinski definition) is 1. The summed E-state index contributed by atoms with van der Waals surface area (Å²) in [6.45, 7) is 12.4. The molecule has 1 aromatic carbocycles. The van der Waals surface area contributed by atoms with E-state index in [1.807, 2.05) is 12.1 Å². The average Bonchev–Trinajstić information content (AvgIpc) is 3.01. The number of aryl methyl sites for hydroxylation is 1. The van der Waals surface area contributed by atoms with Gasteiger partial charge in [-0.1, -0.05) is 17.7 Å². The van der Waals surface area contributed by atoms with Crippen LogP contribution in [0.4, 0.5) is 0 Å². The smallest absolute Gasteiger partial charge is 0.273 e. The van der Waals surface area contributed by atoms with E-state index in [2.05, 4.69) is 48.1 Å². The Labute approximate surface area is 171 Å².